The van der Waals surface area contributed by atoms with Crippen molar-refractivity contribution in [2.24, 2.45) is 0 Å². The first-order valence-corrected chi connectivity index (χ1v) is 8.14. The Morgan fingerprint density at radius 1 is 0.696 bits per heavy atom. The van der Waals surface area contributed by atoms with Gasteiger partial charge in [0.15, 0.2) is 0 Å². The van der Waals surface area contributed by atoms with Crippen LogP contribution in [0.25, 0.3) is 0 Å². The van der Waals surface area contributed by atoms with Crippen molar-refractivity contribution >= 4 is 0 Å². The van der Waals surface area contributed by atoms with E-state index in [1.54, 1.807) is 12.5 Å². The van der Waals surface area contributed by atoms with Crippen LogP contribution in [0.4, 0.5) is 0 Å². The molecule has 0 unspecified atom stereocenters. The quantitative estimate of drug-likeness (QED) is 0.577. The van der Waals surface area contributed by atoms with Gasteiger partial charge in [-0.3, -0.25) is 0 Å². The molecular formula is C20H28O3. The van der Waals surface area contributed by atoms with Crippen LogP contribution in [0.5, 0.6) is 0 Å². The molecule has 0 radical (unpaired) electrons. The van der Waals surface area contributed by atoms with E-state index in [-0.39, 0.29) is 0 Å². The van der Waals surface area contributed by atoms with Crippen LogP contribution < -0.4 is 0 Å². The Morgan fingerprint density at radius 3 is 1.70 bits per heavy atom. The molecule has 0 spiro atoms. The molecule has 0 amide bonds. The second-order valence-electron chi connectivity index (χ2n) is 5.34. The van der Waals surface area contributed by atoms with E-state index in [1.807, 2.05) is 59.7 Å². The van der Waals surface area contributed by atoms with Crippen molar-refractivity contribution in [2.75, 3.05) is 0 Å². The van der Waals surface area contributed by atoms with Gasteiger partial charge in [-0.1, -0.05) is 13.8 Å². The Hall–Kier alpha value is -2.16. The summed E-state index contributed by atoms with van der Waals surface area (Å²) >= 11 is 0. The average Bonchev–Trinajstić information content (AvgIpc) is 3.23. The van der Waals surface area contributed by atoms with E-state index in [2.05, 4.69) is 6.07 Å². The largest absolute Gasteiger partial charge is 0.469 e. The summed E-state index contributed by atoms with van der Waals surface area (Å²) in [5, 5.41) is 0. The molecule has 0 saturated carbocycles. The van der Waals surface area contributed by atoms with Crippen LogP contribution in [-0.2, 0) is 12.8 Å². The van der Waals surface area contributed by atoms with Gasteiger partial charge in [-0.25, -0.2) is 0 Å². The molecule has 0 fully saturated rings. The van der Waals surface area contributed by atoms with Gasteiger partial charge in [0.2, 0.25) is 0 Å². The molecule has 3 aromatic heterocycles. The van der Waals surface area contributed by atoms with Gasteiger partial charge >= 0.3 is 0 Å². The zero-order valence-electron chi connectivity index (χ0n) is 15.1. The standard InChI is InChI=1S/C12H14O2.C6H8O.C2H6/c1-9-7-12(13-8-9)6-5-11-4-3-10(2)14-11;1-5-3-6(2)7-4-5;1-2/h3-4,7-8H,5-6H2,1-2H3;3-4H,1-2H3;1-2H3. The minimum Gasteiger partial charge on any atom is -0.469 e. The normalized spacial score (nSPS) is 9.65. The smallest absolute Gasteiger partial charge is 0.104 e. The van der Waals surface area contributed by atoms with Gasteiger partial charge in [-0.2, -0.15) is 0 Å². The van der Waals surface area contributed by atoms with Crippen molar-refractivity contribution in [2.45, 2.75) is 54.4 Å². The fraction of sp³-hybridized carbons (Fsp3) is 0.400. The molecule has 0 saturated heterocycles. The van der Waals surface area contributed by atoms with Crippen LogP contribution in [0.1, 0.15) is 48.0 Å². The maximum Gasteiger partial charge on any atom is 0.104 e. The van der Waals surface area contributed by atoms with Gasteiger partial charge in [0, 0.05) is 12.8 Å². The predicted octanol–water partition coefficient (Wildman–Crippen LogP) is 6.20. The highest BCUT2D eigenvalue weighted by atomic mass is 16.3. The second kappa shape index (κ2) is 9.78. The molecule has 3 nitrogen and oxygen atoms in total. The minimum absolute atomic E-state index is 0.904. The van der Waals surface area contributed by atoms with E-state index in [9.17, 15) is 0 Å². The Balaban J connectivity index is 0.000000247. The molecule has 0 N–H and O–H groups in total. The molecule has 0 aliphatic carbocycles. The van der Waals surface area contributed by atoms with E-state index < -0.39 is 0 Å². The topological polar surface area (TPSA) is 39.4 Å². The monoisotopic (exact) mass is 316 g/mol. The summed E-state index contributed by atoms with van der Waals surface area (Å²) in [5.74, 6) is 4.00. The van der Waals surface area contributed by atoms with Crippen molar-refractivity contribution in [3.63, 3.8) is 0 Å². The molecular weight excluding hydrogens is 288 g/mol. The zero-order chi connectivity index (χ0) is 17.2. The lowest BCUT2D eigenvalue weighted by Gasteiger charge is -1.93. The van der Waals surface area contributed by atoms with Gasteiger partial charge in [-0.05, 0) is 63.1 Å². The van der Waals surface area contributed by atoms with Crippen LogP contribution in [0.2, 0.25) is 0 Å². The van der Waals surface area contributed by atoms with Crippen LogP contribution in [0.15, 0.2) is 50.0 Å². The molecule has 3 heterocycles. The van der Waals surface area contributed by atoms with Gasteiger partial charge in [0.1, 0.15) is 23.0 Å². The number of hydrogen-bond acceptors (Lipinski definition) is 3. The fourth-order valence-electron chi connectivity index (χ4n) is 2.06. The number of hydrogen-bond donors (Lipinski definition) is 0. The highest BCUT2D eigenvalue weighted by molar-refractivity contribution is 5.13. The molecule has 126 valence electrons. The first-order valence-electron chi connectivity index (χ1n) is 8.14. The van der Waals surface area contributed by atoms with E-state index in [0.29, 0.717) is 0 Å². The molecule has 3 heteroatoms. The lowest BCUT2D eigenvalue weighted by Crippen LogP contribution is -1.86. The van der Waals surface area contributed by atoms with Gasteiger partial charge in [0.25, 0.3) is 0 Å². The molecule has 0 aromatic carbocycles. The average molecular weight is 316 g/mol. The van der Waals surface area contributed by atoms with Crippen LogP contribution >= 0.6 is 0 Å². The first-order chi connectivity index (χ1) is 11.0. The van der Waals surface area contributed by atoms with Crippen LogP contribution in [0.3, 0.4) is 0 Å². The van der Waals surface area contributed by atoms with Crippen LogP contribution in [0, 0.1) is 27.7 Å². The van der Waals surface area contributed by atoms with Gasteiger partial charge in [-0.15, -0.1) is 0 Å². The lowest BCUT2D eigenvalue weighted by atomic mass is 10.2. The molecule has 0 aliphatic rings. The maximum atomic E-state index is 5.47. The predicted molar refractivity (Wildman–Crippen MR) is 93.8 cm³/mol. The van der Waals surface area contributed by atoms with Gasteiger partial charge < -0.3 is 13.3 Å². The van der Waals surface area contributed by atoms with E-state index >= 15 is 0 Å². The summed E-state index contributed by atoms with van der Waals surface area (Å²) < 4.78 is 15.8. The summed E-state index contributed by atoms with van der Waals surface area (Å²) in [6.45, 7) is 11.9. The van der Waals surface area contributed by atoms with E-state index in [4.69, 9.17) is 13.3 Å². The van der Waals surface area contributed by atoms with Crippen molar-refractivity contribution in [3.8, 4) is 0 Å². The molecule has 0 aliphatic heterocycles. The van der Waals surface area contributed by atoms with Crippen molar-refractivity contribution in [1.82, 2.24) is 0 Å². The summed E-state index contributed by atoms with van der Waals surface area (Å²) in [5.41, 5.74) is 2.37. The molecule has 3 aromatic rings. The molecule has 23 heavy (non-hydrogen) atoms. The third kappa shape index (κ3) is 7.09. The Morgan fingerprint density at radius 2 is 1.30 bits per heavy atom. The van der Waals surface area contributed by atoms with E-state index in [0.717, 1.165) is 35.9 Å². The fourth-order valence-corrected chi connectivity index (χ4v) is 2.06. The molecule has 0 atom stereocenters. The minimum atomic E-state index is 0.904. The number of aryl methyl sites for hydroxylation is 6. The van der Waals surface area contributed by atoms with Crippen molar-refractivity contribution in [1.29, 1.82) is 0 Å². The van der Waals surface area contributed by atoms with Crippen LogP contribution in [-0.4, -0.2) is 0 Å². The molecule has 3 rings (SSSR count). The summed E-state index contributed by atoms with van der Waals surface area (Å²) in [4.78, 5) is 0. The number of rotatable bonds is 3. The third-order valence-corrected chi connectivity index (χ3v) is 3.06. The summed E-state index contributed by atoms with van der Waals surface area (Å²) in [7, 11) is 0. The maximum absolute atomic E-state index is 5.47. The first kappa shape index (κ1) is 18.9. The Bertz CT molecular complexity index is 614. The summed E-state index contributed by atoms with van der Waals surface area (Å²) in [6, 6.07) is 8.07. The van der Waals surface area contributed by atoms with Crippen molar-refractivity contribution in [3.05, 3.63) is 71.0 Å². The van der Waals surface area contributed by atoms with E-state index in [1.165, 1.54) is 11.1 Å². The SMILES string of the molecule is CC.Cc1coc(C)c1.Cc1coc(CCc2ccc(C)o2)c1. The Labute approximate surface area is 139 Å². The molecule has 0 bridgehead atoms. The third-order valence-electron chi connectivity index (χ3n) is 3.06. The summed E-state index contributed by atoms with van der Waals surface area (Å²) in [6.07, 6.45) is 5.33. The van der Waals surface area contributed by atoms with Gasteiger partial charge in [0.05, 0.1) is 12.5 Å². The highest BCUT2D eigenvalue weighted by Gasteiger charge is 2.02. The Kier molecular flexibility index (Phi) is 8.03. The zero-order valence-corrected chi connectivity index (χ0v) is 15.1. The number of furan rings is 3. The highest BCUT2D eigenvalue weighted by Crippen LogP contribution is 2.12. The lowest BCUT2D eigenvalue weighted by molar-refractivity contribution is 0.461. The second-order valence-corrected chi connectivity index (χ2v) is 5.34. The van der Waals surface area contributed by atoms with Crippen molar-refractivity contribution < 1.29 is 13.3 Å².